The second-order valence-electron chi connectivity index (χ2n) is 3.53. The lowest BCUT2D eigenvalue weighted by Gasteiger charge is -1.99. The summed E-state index contributed by atoms with van der Waals surface area (Å²) in [5, 5.41) is 10.7. The van der Waals surface area contributed by atoms with Crippen LogP contribution in [0.1, 0.15) is 17.3 Å². The lowest BCUT2D eigenvalue weighted by atomic mass is 10.1. The van der Waals surface area contributed by atoms with Gasteiger partial charge >= 0.3 is 5.00 Å². The van der Waals surface area contributed by atoms with Crippen LogP contribution in [0.4, 0.5) is 5.00 Å². The molecule has 0 aliphatic carbocycles. The third-order valence-corrected chi connectivity index (χ3v) is 3.41. The van der Waals surface area contributed by atoms with E-state index in [4.69, 9.17) is 0 Å². The minimum atomic E-state index is -0.414. The molecule has 0 saturated carbocycles. The molecule has 1 aromatic heterocycles. The predicted molar refractivity (Wildman–Crippen MR) is 66.4 cm³/mol. The maximum Gasteiger partial charge on any atom is 0.324 e. The number of ketones is 1. The fraction of sp³-hybridized carbons (Fsp3) is 0.0833. The van der Waals surface area contributed by atoms with Crippen LogP contribution in [0.3, 0.4) is 0 Å². The van der Waals surface area contributed by atoms with Crippen LogP contribution in [0.5, 0.6) is 0 Å². The topological polar surface area (TPSA) is 60.2 Å². The molecule has 0 amide bonds. The summed E-state index contributed by atoms with van der Waals surface area (Å²) in [6, 6.07) is 10.3. The highest BCUT2D eigenvalue weighted by Gasteiger charge is 2.11. The molecular weight excluding hydrogens is 238 g/mol. The highest BCUT2D eigenvalue weighted by molar-refractivity contribution is 7.18. The average Bonchev–Trinajstić information content (AvgIpc) is 2.78. The molecule has 0 radical (unpaired) electrons. The molecule has 5 heteroatoms. The van der Waals surface area contributed by atoms with Crippen LogP contribution in [0, 0.1) is 10.1 Å². The van der Waals surface area contributed by atoms with Crippen molar-refractivity contribution in [1.29, 1.82) is 0 Å². The Bertz CT molecular complexity index is 589. The van der Waals surface area contributed by atoms with Gasteiger partial charge in [0.25, 0.3) is 0 Å². The van der Waals surface area contributed by atoms with Crippen LogP contribution in [0.15, 0.2) is 36.4 Å². The molecule has 0 aliphatic heterocycles. The van der Waals surface area contributed by atoms with E-state index >= 15 is 0 Å². The fourth-order valence-corrected chi connectivity index (χ4v) is 2.29. The molecule has 2 aromatic rings. The molecule has 1 aromatic carbocycles. The zero-order valence-corrected chi connectivity index (χ0v) is 9.86. The fourth-order valence-electron chi connectivity index (χ4n) is 1.47. The first-order valence-electron chi connectivity index (χ1n) is 4.93. The Kier molecular flexibility index (Phi) is 3.01. The largest absolute Gasteiger partial charge is 0.324 e. The van der Waals surface area contributed by atoms with Gasteiger partial charge in [0, 0.05) is 16.5 Å². The Labute approximate surface area is 102 Å². The van der Waals surface area contributed by atoms with Gasteiger partial charge in [0.2, 0.25) is 0 Å². The van der Waals surface area contributed by atoms with Gasteiger partial charge in [0.05, 0.1) is 4.92 Å². The third kappa shape index (κ3) is 2.39. The monoisotopic (exact) mass is 247 g/mol. The number of carbonyl (C=O) groups excluding carboxylic acids is 1. The maximum atomic E-state index is 11.2. The molecule has 2 rings (SSSR count). The van der Waals surface area contributed by atoms with E-state index in [9.17, 15) is 14.9 Å². The summed E-state index contributed by atoms with van der Waals surface area (Å²) >= 11 is 1.10. The van der Waals surface area contributed by atoms with Gasteiger partial charge in [-0.15, -0.1) is 0 Å². The van der Waals surface area contributed by atoms with Crippen molar-refractivity contribution in [3.05, 3.63) is 52.1 Å². The van der Waals surface area contributed by atoms with Gasteiger partial charge in [-0.2, -0.15) is 0 Å². The van der Waals surface area contributed by atoms with Crippen LogP contribution in [-0.2, 0) is 0 Å². The van der Waals surface area contributed by atoms with E-state index in [1.807, 2.05) is 6.07 Å². The number of benzene rings is 1. The van der Waals surface area contributed by atoms with Gasteiger partial charge in [-0.1, -0.05) is 29.5 Å². The quantitative estimate of drug-likeness (QED) is 0.473. The summed E-state index contributed by atoms with van der Waals surface area (Å²) in [5.41, 5.74) is 1.44. The molecule has 4 nitrogen and oxygen atoms in total. The molecular formula is C12H9NO3S. The molecule has 0 fully saturated rings. The number of Topliss-reactive ketones (excluding diaryl/α,β-unsaturated/α-hetero) is 1. The number of nitro groups is 1. The van der Waals surface area contributed by atoms with E-state index in [0.717, 1.165) is 21.8 Å². The van der Waals surface area contributed by atoms with Crippen molar-refractivity contribution >= 4 is 22.1 Å². The molecule has 0 saturated heterocycles. The molecule has 0 unspecified atom stereocenters. The Balaban J connectivity index is 2.42. The van der Waals surface area contributed by atoms with Crippen LogP contribution in [-0.4, -0.2) is 10.7 Å². The smallest absolute Gasteiger partial charge is 0.295 e. The van der Waals surface area contributed by atoms with E-state index in [1.165, 1.54) is 13.0 Å². The Morgan fingerprint density at radius 1 is 1.29 bits per heavy atom. The van der Waals surface area contributed by atoms with E-state index in [2.05, 4.69) is 0 Å². The summed E-state index contributed by atoms with van der Waals surface area (Å²) in [5.74, 6) is -0.0158. The molecule has 1 heterocycles. The van der Waals surface area contributed by atoms with Crippen molar-refractivity contribution in [3.8, 4) is 10.4 Å². The highest BCUT2D eigenvalue weighted by atomic mass is 32.1. The minimum absolute atomic E-state index is 0.0158. The summed E-state index contributed by atoms with van der Waals surface area (Å²) in [4.78, 5) is 22.2. The van der Waals surface area contributed by atoms with Crippen LogP contribution >= 0.6 is 11.3 Å². The molecule has 0 N–H and O–H groups in total. The van der Waals surface area contributed by atoms with Gasteiger partial charge in [0.1, 0.15) is 0 Å². The molecule has 0 spiro atoms. The average molecular weight is 247 g/mol. The summed E-state index contributed by atoms with van der Waals surface area (Å²) in [6.07, 6.45) is 0. The van der Waals surface area contributed by atoms with Crippen molar-refractivity contribution in [1.82, 2.24) is 0 Å². The van der Waals surface area contributed by atoms with Crippen molar-refractivity contribution in [2.24, 2.45) is 0 Å². The third-order valence-electron chi connectivity index (χ3n) is 2.33. The first-order valence-corrected chi connectivity index (χ1v) is 5.75. The normalized spacial score (nSPS) is 10.2. The highest BCUT2D eigenvalue weighted by Crippen LogP contribution is 2.32. The van der Waals surface area contributed by atoms with Crippen LogP contribution < -0.4 is 0 Å². The van der Waals surface area contributed by atoms with Crippen molar-refractivity contribution in [2.45, 2.75) is 6.92 Å². The van der Waals surface area contributed by atoms with Crippen molar-refractivity contribution in [2.75, 3.05) is 0 Å². The Morgan fingerprint density at radius 3 is 2.65 bits per heavy atom. The lowest BCUT2D eigenvalue weighted by Crippen LogP contribution is -1.90. The number of thiophene rings is 1. The zero-order chi connectivity index (χ0) is 12.4. The Hall–Kier alpha value is -2.01. The molecule has 86 valence electrons. The van der Waals surface area contributed by atoms with Crippen LogP contribution in [0.25, 0.3) is 10.4 Å². The van der Waals surface area contributed by atoms with Gasteiger partial charge in [0.15, 0.2) is 5.78 Å². The van der Waals surface area contributed by atoms with E-state index in [1.54, 1.807) is 24.3 Å². The standard InChI is InChI=1S/C12H9NO3S/c1-8(14)9-3-2-4-10(7-9)11-5-6-12(17-11)13(15)16/h2-7H,1H3. The number of carbonyl (C=O) groups is 1. The van der Waals surface area contributed by atoms with E-state index in [-0.39, 0.29) is 10.8 Å². The zero-order valence-electron chi connectivity index (χ0n) is 9.04. The summed E-state index contributed by atoms with van der Waals surface area (Å²) in [6.45, 7) is 1.50. The number of hydrogen-bond acceptors (Lipinski definition) is 4. The molecule has 0 aliphatic rings. The number of rotatable bonds is 3. The van der Waals surface area contributed by atoms with Gasteiger partial charge in [-0.3, -0.25) is 14.9 Å². The van der Waals surface area contributed by atoms with E-state index in [0.29, 0.717) is 5.56 Å². The van der Waals surface area contributed by atoms with E-state index < -0.39 is 4.92 Å². The van der Waals surface area contributed by atoms with Gasteiger partial charge in [-0.05, 0) is 24.6 Å². The van der Waals surface area contributed by atoms with Crippen molar-refractivity contribution < 1.29 is 9.72 Å². The maximum absolute atomic E-state index is 11.2. The first kappa shape index (κ1) is 11.5. The second-order valence-corrected chi connectivity index (χ2v) is 4.59. The molecule has 0 atom stereocenters. The second kappa shape index (κ2) is 4.47. The molecule has 0 bridgehead atoms. The van der Waals surface area contributed by atoms with Crippen LogP contribution in [0.2, 0.25) is 0 Å². The predicted octanol–water partition coefficient (Wildman–Crippen LogP) is 3.53. The van der Waals surface area contributed by atoms with Gasteiger partial charge in [-0.25, -0.2) is 0 Å². The van der Waals surface area contributed by atoms with Crippen molar-refractivity contribution in [3.63, 3.8) is 0 Å². The summed E-state index contributed by atoms with van der Waals surface area (Å²) in [7, 11) is 0. The Morgan fingerprint density at radius 2 is 2.06 bits per heavy atom. The SMILES string of the molecule is CC(=O)c1cccc(-c2ccc([N+](=O)[O-])s2)c1. The first-order chi connectivity index (χ1) is 8.08. The van der Waals surface area contributed by atoms with Gasteiger partial charge < -0.3 is 0 Å². The molecule has 17 heavy (non-hydrogen) atoms. The number of nitrogens with zero attached hydrogens (tertiary/aromatic N) is 1. The lowest BCUT2D eigenvalue weighted by molar-refractivity contribution is -0.380. The minimum Gasteiger partial charge on any atom is -0.295 e. The summed E-state index contributed by atoms with van der Waals surface area (Å²) < 4.78 is 0. The number of hydrogen-bond donors (Lipinski definition) is 0.